The molecule has 0 aliphatic heterocycles. The van der Waals surface area contributed by atoms with Crippen LogP contribution < -0.4 is 4.74 Å². The van der Waals surface area contributed by atoms with E-state index < -0.39 is 6.10 Å². The summed E-state index contributed by atoms with van der Waals surface area (Å²) in [6.07, 6.45) is -0.775. The molecule has 1 heterocycles. The SMILES string of the molecule is CC(=O)c1c(C)[nH]c(C(=O)[C@H](C)Oc2cccc(Cl)c2Cl)c1C. The second-order valence-corrected chi connectivity index (χ2v) is 6.14. The number of Topliss-reactive ketones (excluding diaryl/α,β-unsaturated/α-hetero) is 2. The molecule has 1 N–H and O–H groups in total. The molecule has 6 heteroatoms. The molecule has 2 aromatic rings. The third-order valence-corrected chi connectivity index (χ3v) is 4.43. The topological polar surface area (TPSA) is 59.2 Å². The molecular formula is C17H17Cl2NO3. The Kier molecular flexibility index (Phi) is 5.17. The number of benzene rings is 1. The van der Waals surface area contributed by atoms with Crippen LogP contribution in [0.2, 0.25) is 10.0 Å². The molecule has 0 saturated heterocycles. The molecule has 1 atom stereocenters. The normalized spacial score (nSPS) is 12.1. The highest BCUT2D eigenvalue weighted by atomic mass is 35.5. The standard InChI is InChI=1S/C17H17Cl2NO3/c1-8-14(10(3)21)9(2)20-16(8)17(22)11(4)23-13-7-5-6-12(18)15(13)19/h5-7,11,20H,1-4H3/t11-/m0/s1. The van der Waals surface area contributed by atoms with Gasteiger partial charge in [-0.3, -0.25) is 9.59 Å². The quantitative estimate of drug-likeness (QED) is 0.786. The monoisotopic (exact) mass is 353 g/mol. The molecule has 1 aromatic carbocycles. The molecule has 0 fully saturated rings. The zero-order chi connectivity index (χ0) is 17.3. The summed E-state index contributed by atoms with van der Waals surface area (Å²) in [5.74, 6) is 0.00337. The minimum Gasteiger partial charge on any atom is -0.481 e. The Balaban J connectivity index is 2.29. The summed E-state index contributed by atoms with van der Waals surface area (Å²) in [4.78, 5) is 27.3. The van der Waals surface area contributed by atoms with Crippen molar-refractivity contribution < 1.29 is 14.3 Å². The molecule has 0 aliphatic carbocycles. The van der Waals surface area contributed by atoms with Gasteiger partial charge in [0, 0.05) is 11.3 Å². The second kappa shape index (κ2) is 6.77. The van der Waals surface area contributed by atoms with Crippen LogP contribution in [0.1, 0.15) is 46.0 Å². The number of hydrogen-bond donors (Lipinski definition) is 1. The molecule has 0 unspecified atom stereocenters. The smallest absolute Gasteiger partial charge is 0.219 e. The number of aromatic nitrogens is 1. The van der Waals surface area contributed by atoms with Gasteiger partial charge in [0.05, 0.1) is 10.7 Å². The number of carbonyl (C=O) groups is 2. The predicted molar refractivity (Wildman–Crippen MR) is 91.2 cm³/mol. The molecule has 122 valence electrons. The van der Waals surface area contributed by atoms with E-state index in [1.54, 1.807) is 39.0 Å². The lowest BCUT2D eigenvalue weighted by atomic mass is 10.0. The Morgan fingerprint density at radius 1 is 1.22 bits per heavy atom. The van der Waals surface area contributed by atoms with Crippen molar-refractivity contribution in [1.29, 1.82) is 0 Å². The van der Waals surface area contributed by atoms with Gasteiger partial charge in [0.25, 0.3) is 0 Å². The molecule has 0 aliphatic rings. The molecule has 0 bridgehead atoms. The van der Waals surface area contributed by atoms with Gasteiger partial charge in [0.15, 0.2) is 11.9 Å². The molecule has 4 nitrogen and oxygen atoms in total. The van der Waals surface area contributed by atoms with E-state index in [9.17, 15) is 9.59 Å². The fourth-order valence-corrected chi connectivity index (χ4v) is 2.88. The van der Waals surface area contributed by atoms with Crippen molar-refractivity contribution in [2.75, 3.05) is 0 Å². The zero-order valence-electron chi connectivity index (χ0n) is 13.3. The first kappa shape index (κ1) is 17.6. The number of aryl methyl sites for hydroxylation is 1. The van der Waals surface area contributed by atoms with Gasteiger partial charge in [-0.25, -0.2) is 0 Å². The molecule has 1 aromatic heterocycles. The molecular weight excluding hydrogens is 337 g/mol. The van der Waals surface area contributed by atoms with Gasteiger partial charge in [0.1, 0.15) is 10.8 Å². The molecule has 0 saturated carbocycles. The van der Waals surface area contributed by atoms with E-state index in [2.05, 4.69) is 4.98 Å². The van der Waals surface area contributed by atoms with Crippen LogP contribution in [0.25, 0.3) is 0 Å². The van der Waals surface area contributed by atoms with Crippen molar-refractivity contribution in [3.05, 3.63) is 50.8 Å². The van der Waals surface area contributed by atoms with Crippen LogP contribution >= 0.6 is 23.2 Å². The average Bonchev–Trinajstić information content (AvgIpc) is 2.78. The summed E-state index contributed by atoms with van der Waals surface area (Å²) in [5.41, 5.74) is 2.22. The Bertz CT molecular complexity index is 780. The highest BCUT2D eigenvalue weighted by Gasteiger charge is 2.25. The largest absolute Gasteiger partial charge is 0.481 e. The van der Waals surface area contributed by atoms with Gasteiger partial charge in [-0.05, 0) is 45.4 Å². The van der Waals surface area contributed by atoms with Gasteiger partial charge in [-0.2, -0.15) is 0 Å². The number of aromatic amines is 1. The molecule has 2 rings (SSSR count). The number of carbonyl (C=O) groups excluding carboxylic acids is 2. The minimum absolute atomic E-state index is 0.0817. The molecule has 0 spiro atoms. The van der Waals surface area contributed by atoms with Crippen molar-refractivity contribution in [2.24, 2.45) is 0 Å². The van der Waals surface area contributed by atoms with E-state index in [4.69, 9.17) is 27.9 Å². The third kappa shape index (κ3) is 3.43. The Morgan fingerprint density at radius 2 is 1.87 bits per heavy atom. The van der Waals surface area contributed by atoms with E-state index in [0.717, 1.165) is 0 Å². The van der Waals surface area contributed by atoms with E-state index >= 15 is 0 Å². The van der Waals surface area contributed by atoms with E-state index in [1.165, 1.54) is 6.92 Å². The fourth-order valence-electron chi connectivity index (χ4n) is 2.55. The van der Waals surface area contributed by atoms with Gasteiger partial charge < -0.3 is 9.72 Å². The number of hydrogen-bond acceptors (Lipinski definition) is 3. The van der Waals surface area contributed by atoms with Gasteiger partial charge in [-0.15, -0.1) is 0 Å². The first-order valence-electron chi connectivity index (χ1n) is 7.09. The first-order chi connectivity index (χ1) is 10.7. The maximum absolute atomic E-state index is 12.6. The number of ketones is 2. The van der Waals surface area contributed by atoms with Crippen LogP contribution in [0.3, 0.4) is 0 Å². The highest BCUT2D eigenvalue weighted by molar-refractivity contribution is 6.42. The zero-order valence-corrected chi connectivity index (χ0v) is 14.8. The Morgan fingerprint density at radius 3 is 2.43 bits per heavy atom. The van der Waals surface area contributed by atoms with E-state index in [0.29, 0.717) is 33.3 Å². The lowest BCUT2D eigenvalue weighted by molar-refractivity contribution is 0.0813. The predicted octanol–water partition coefficient (Wildman–Crippen LogP) is 4.79. The number of rotatable bonds is 5. The van der Waals surface area contributed by atoms with Gasteiger partial charge >= 0.3 is 0 Å². The summed E-state index contributed by atoms with van der Waals surface area (Å²) in [6, 6.07) is 4.98. The summed E-state index contributed by atoms with van der Waals surface area (Å²) >= 11 is 12.0. The van der Waals surface area contributed by atoms with Gasteiger partial charge in [-0.1, -0.05) is 29.3 Å². The lowest BCUT2D eigenvalue weighted by Crippen LogP contribution is -2.25. The molecule has 0 radical (unpaired) electrons. The van der Waals surface area contributed by atoms with Crippen molar-refractivity contribution in [3.63, 3.8) is 0 Å². The average molecular weight is 354 g/mol. The number of H-pyrrole nitrogens is 1. The summed E-state index contributed by atoms with van der Waals surface area (Å²) in [5, 5.41) is 0.618. The lowest BCUT2D eigenvalue weighted by Gasteiger charge is -2.15. The van der Waals surface area contributed by atoms with Crippen LogP contribution in [-0.2, 0) is 0 Å². The van der Waals surface area contributed by atoms with E-state index in [-0.39, 0.29) is 16.6 Å². The van der Waals surface area contributed by atoms with Crippen LogP contribution in [-0.4, -0.2) is 22.7 Å². The third-order valence-electron chi connectivity index (χ3n) is 3.63. The Hall–Kier alpha value is -1.78. The van der Waals surface area contributed by atoms with Crippen molar-refractivity contribution in [2.45, 2.75) is 33.8 Å². The molecule has 0 amide bonds. The number of ether oxygens (including phenoxy) is 1. The Labute approximate surface area is 144 Å². The summed E-state index contributed by atoms with van der Waals surface area (Å²) < 4.78 is 5.64. The fraction of sp³-hybridized carbons (Fsp3) is 0.294. The minimum atomic E-state index is -0.775. The van der Waals surface area contributed by atoms with Crippen LogP contribution in [0.15, 0.2) is 18.2 Å². The maximum Gasteiger partial charge on any atom is 0.219 e. The van der Waals surface area contributed by atoms with E-state index in [1.807, 2.05) is 0 Å². The van der Waals surface area contributed by atoms with Gasteiger partial charge in [0.2, 0.25) is 5.78 Å². The molecule has 23 heavy (non-hydrogen) atoms. The van der Waals surface area contributed by atoms with Crippen LogP contribution in [0.5, 0.6) is 5.75 Å². The van der Waals surface area contributed by atoms with Crippen LogP contribution in [0.4, 0.5) is 0 Å². The van der Waals surface area contributed by atoms with Crippen molar-refractivity contribution >= 4 is 34.8 Å². The number of nitrogens with one attached hydrogen (secondary N) is 1. The summed E-state index contributed by atoms with van der Waals surface area (Å²) in [6.45, 7) is 6.61. The van der Waals surface area contributed by atoms with Crippen molar-refractivity contribution in [1.82, 2.24) is 4.98 Å². The first-order valence-corrected chi connectivity index (χ1v) is 7.84. The second-order valence-electron chi connectivity index (χ2n) is 5.36. The van der Waals surface area contributed by atoms with Crippen molar-refractivity contribution in [3.8, 4) is 5.75 Å². The number of halogens is 2. The summed E-state index contributed by atoms with van der Waals surface area (Å²) in [7, 11) is 0. The highest BCUT2D eigenvalue weighted by Crippen LogP contribution is 2.32. The maximum atomic E-state index is 12.6. The van der Waals surface area contributed by atoms with Crippen LogP contribution in [0, 0.1) is 13.8 Å².